The quantitative estimate of drug-likeness (QED) is 0.288. The second-order valence-electron chi connectivity index (χ2n) is 8.98. The average Bonchev–Trinajstić information content (AvgIpc) is 2.85. The molecule has 0 aliphatic heterocycles. The van der Waals surface area contributed by atoms with Gasteiger partial charge in [0.2, 0.25) is 0 Å². The lowest BCUT2D eigenvalue weighted by atomic mass is 9.88. The molecule has 1 aliphatic rings. The van der Waals surface area contributed by atoms with Gasteiger partial charge in [-0.25, -0.2) is 0 Å². The van der Waals surface area contributed by atoms with Crippen LogP contribution < -0.4 is 11.5 Å². The summed E-state index contributed by atoms with van der Waals surface area (Å²) in [6, 6.07) is 19.3. The van der Waals surface area contributed by atoms with Gasteiger partial charge in [-0.2, -0.15) is 0 Å². The van der Waals surface area contributed by atoms with E-state index < -0.39 is 6.04 Å². The summed E-state index contributed by atoms with van der Waals surface area (Å²) in [5.74, 6) is 0.0939. The third-order valence-corrected chi connectivity index (χ3v) is 6.41. The molecule has 0 radical (unpaired) electrons. The molecule has 2 aromatic carbocycles. The van der Waals surface area contributed by atoms with E-state index in [0.717, 1.165) is 31.2 Å². The van der Waals surface area contributed by atoms with Crippen molar-refractivity contribution in [2.45, 2.75) is 63.3 Å². The van der Waals surface area contributed by atoms with Crippen LogP contribution in [0.2, 0.25) is 0 Å². The number of ether oxygens (including phenoxy) is 3. The van der Waals surface area contributed by atoms with E-state index in [2.05, 4.69) is 0 Å². The molecule has 0 saturated heterocycles. The van der Waals surface area contributed by atoms with E-state index >= 15 is 0 Å². The first kappa shape index (κ1) is 25.4. The van der Waals surface area contributed by atoms with E-state index in [1.165, 1.54) is 5.56 Å². The van der Waals surface area contributed by atoms with Crippen molar-refractivity contribution in [1.29, 1.82) is 0 Å². The number of hydrogen-bond donors (Lipinski definition) is 2. The summed E-state index contributed by atoms with van der Waals surface area (Å²) in [5.41, 5.74) is 14.4. The molecule has 0 heterocycles. The van der Waals surface area contributed by atoms with Crippen LogP contribution in [0.25, 0.3) is 0 Å². The summed E-state index contributed by atoms with van der Waals surface area (Å²) in [4.78, 5) is 12.5. The summed E-state index contributed by atoms with van der Waals surface area (Å²) in [6.07, 6.45) is 3.98. The van der Waals surface area contributed by atoms with E-state index in [4.69, 9.17) is 25.7 Å². The first-order chi connectivity index (χ1) is 16.0. The van der Waals surface area contributed by atoms with Crippen LogP contribution in [0.1, 0.15) is 49.7 Å². The van der Waals surface area contributed by atoms with Gasteiger partial charge in [0.25, 0.3) is 0 Å². The molecule has 0 aromatic heterocycles. The molecule has 0 amide bonds. The standard InChI is InChI=1S/C27H38N2O4/c1-20(23-10-6-3-7-11-23)26(29)27(30)33-24-14-12-22(13-15-24)19-31-16-17-32-25(28)18-21-8-4-2-5-9-21/h2-11,20,22,24-26H,12-19,28-29H2,1H3/t20?,22?,24?,25-,26?/m0/s1. The maximum absolute atomic E-state index is 12.5. The van der Waals surface area contributed by atoms with Crippen LogP contribution in [0.15, 0.2) is 60.7 Å². The zero-order chi connectivity index (χ0) is 23.5. The molecule has 2 aromatic rings. The topological polar surface area (TPSA) is 96.8 Å². The fraction of sp³-hybridized carbons (Fsp3) is 0.519. The molecule has 1 aliphatic carbocycles. The highest BCUT2D eigenvalue weighted by atomic mass is 16.5. The van der Waals surface area contributed by atoms with Gasteiger partial charge in [-0.3, -0.25) is 4.79 Å². The maximum atomic E-state index is 12.5. The molecule has 3 rings (SSSR count). The molecule has 33 heavy (non-hydrogen) atoms. The van der Waals surface area contributed by atoms with Gasteiger partial charge in [-0.1, -0.05) is 67.6 Å². The summed E-state index contributed by atoms with van der Waals surface area (Å²) in [6.45, 7) is 3.68. The third-order valence-electron chi connectivity index (χ3n) is 6.41. The highest BCUT2D eigenvalue weighted by molar-refractivity contribution is 5.77. The fourth-order valence-corrected chi connectivity index (χ4v) is 4.24. The Hall–Kier alpha value is -2.25. The highest BCUT2D eigenvalue weighted by Gasteiger charge is 2.29. The van der Waals surface area contributed by atoms with Gasteiger partial charge in [-0.05, 0) is 42.7 Å². The lowest BCUT2D eigenvalue weighted by Crippen LogP contribution is -2.39. The largest absolute Gasteiger partial charge is 0.461 e. The molecular weight excluding hydrogens is 416 g/mol. The Kier molecular flexibility index (Phi) is 10.3. The Morgan fingerprint density at radius 2 is 1.58 bits per heavy atom. The average molecular weight is 455 g/mol. The molecule has 1 saturated carbocycles. The van der Waals surface area contributed by atoms with Crippen molar-refractivity contribution in [3.8, 4) is 0 Å². The highest BCUT2D eigenvalue weighted by Crippen LogP contribution is 2.27. The van der Waals surface area contributed by atoms with Gasteiger partial charge in [-0.15, -0.1) is 0 Å². The molecule has 3 atom stereocenters. The van der Waals surface area contributed by atoms with Crippen LogP contribution >= 0.6 is 0 Å². The van der Waals surface area contributed by atoms with Crippen molar-refractivity contribution in [2.75, 3.05) is 19.8 Å². The molecule has 0 spiro atoms. The molecule has 4 N–H and O–H groups in total. The van der Waals surface area contributed by atoms with Gasteiger partial charge in [0.05, 0.1) is 13.2 Å². The SMILES string of the molecule is CC(c1ccccc1)C(N)C(=O)OC1CCC(COCCO[C@H](N)Cc2ccccc2)CC1. The van der Waals surface area contributed by atoms with Gasteiger partial charge in [0.15, 0.2) is 0 Å². The van der Waals surface area contributed by atoms with Crippen LogP contribution in [0, 0.1) is 5.92 Å². The Morgan fingerprint density at radius 1 is 0.939 bits per heavy atom. The number of carbonyl (C=O) groups is 1. The first-order valence-corrected chi connectivity index (χ1v) is 12.0. The number of benzene rings is 2. The van der Waals surface area contributed by atoms with E-state index in [9.17, 15) is 4.79 Å². The Labute approximate surface area is 197 Å². The summed E-state index contributed by atoms with van der Waals surface area (Å²) in [7, 11) is 0. The van der Waals surface area contributed by atoms with E-state index in [1.807, 2.05) is 67.6 Å². The zero-order valence-corrected chi connectivity index (χ0v) is 19.6. The minimum Gasteiger partial charge on any atom is -0.461 e. The molecule has 6 heteroatoms. The molecule has 6 nitrogen and oxygen atoms in total. The smallest absolute Gasteiger partial charge is 0.323 e. The van der Waals surface area contributed by atoms with Crippen LogP contribution in [-0.4, -0.2) is 44.2 Å². The number of hydrogen-bond acceptors (Lipinski definition) is 6. The fourth-order valence-electron chi connectivity index (χ4n) is 4.24. The second-order valence-corrected chi connectivity index (χ2v) is 8.98. The van der Waals surface area contributed by atoms with E-state index in [0.29, 0.717) is 32.2 Å². The number of carbonyl (C=O) groups excluding carboxylic acids is 1. The van der Waals surface area contributed by atoms with Gasteiger partial charge < -0.3 is 25.7 Å². The van der Waals surface area contributed by atoms with E-state index in [1.54, 1.807) is 0 Å². The lowest BCUT2D eigenvalue weighted by Gasteiger charge is -2.29. The van der Waals surface area contributed by atoms with Crippen LogP contribution in [0.4, 0.5) is 0 Å². The first-order valence-electron chi connectivity index (χ1n) is 12.0. The zero-order valence-electron chi connectivity index (χ0n) is 19.6. The maximum Gasteiger partial charge on any atom is 0.323 e. The summed E-state index contributed by atoms with van der Waals surface area (Å²) >= 11 is 0. The van der Waals surface area contributed by atoms with Crippen molar-refractivity contribution in [2.24, 2.45) is 17.4 Å². The van der Waals surface area contributed by atoms with E-state index in [-0.39, 0.29) is 24.2 Å². The molecule has 0 bridgehead atoms. The molecule has 2 unspecified atom stereocenters. The van der Waals surface area contributed by atoms with Crippen molar-refractivity contribution in [3.05, 3.63) is 71.8 Å². The predicted molar refractivity (Wildman–Crippen MR) is 130 cm³/mol. The van der Waals surface area contributed by atoms with Crippen molar-refractivity contribution in [1.82, 2.24) is 0 Å². The summed E-state index contributed by atoms with van der Waals surface area (Å²) < 4.78 is 17.2. The second kappa shape index (κ2) is 13.5. The third kappa shape index (κ3) is 8.55. The minimum absolute atomic E-state index is 0.0536. The van der Waals surface area contributed by atoms with Gasteiger partial charge in [0.1, 0.15) is 18.4 Å². The molecule has 1 fully saturated rings. The number of esters is 1. The van der Waals surface area contributed by atoms with Crippen LogP contribution in [0.3, 0.4) is 0 Å². The van der Waals surface area contributed by atoms with Crippen molar-refractivity contribution in [3.63, 3.8) is 0 Å². The van der Waals surface area contributed by atoms with Gasteiger partial charge in [0, 0.05) is 18.9 Å². The monoisotopic (exact) mass is 454 g/mol. The van der Waals surface area contributed by atoms with Crippen molar-refractivity contribution >= 4 is 5.97 Å². The van der Waals surface area contributed by atoms with Gasteiger partial charge >= 0.3 is 5.97 Å². The normalized spacial score (nSPS) is 21.2. The number of rotatable bonds is 12. The Balaban J connectivity index is 1.26. The molecular formula is C27H38N2O4. The number of nitrogens with two attached hydrogens (primary N) is 2. The minimum atomic E-state index is -0.651. The lowest BCUT2D eigenvalue weighted by molar-refractivity contribution is -0.153. The van der Waals surface area contributed by atoms with Crippen LogP contribution in [0.5, 0.6) is 0 Å². The Morgan fingerprint density at radius 3 is 2.24 bits per heavy atom. The van der Waals surface area contributed by atoms with Crippen LogP contribution in [-0.2, 0) is 25.4 Å². The Bertz CT molecular complexity index is 809. The molecule has 180 valence electrons. The van der Waals surface area contributed by atoms with Crippen molar-refractivity contribution < 1.29 is 19.0 Å². The predicted octanol–water partition coefficient (Wildman–Crippen LogP) is 3.78. The summed E-state index contributed by atoms with van der Waals surface area (Å²) in [5, 5.41) is 0.